The second kappa shape index (κ2) is 4.92. The number of hydrogen-bond donors (Lipinski definition) is 2. The molecular weight excluding hydrogens is 236 g/mol. The number of ether oxygens (including phenoxy) is 1. The van der Waals surface area contributed by atoms with Gasteiger partial charge in [0.15, 0.2) is 0 Å². The van der Waals surface area contributed by atoms with Gasteiger partial charge in [0.05, 0.1) is 12.0 Å². The minimum absolute atomic E-state index is 0.169. The van der Waals surface area contributed by atoms with E-state index in [4.69, 9.17) is 16.2 Å². The Bertz CT molecular complexity index is 512. The Morgan fingerprint density at radius 1 is 1.18 bits per heavy atom. The highest BCUT2D eigenvalue weighted by atomic mass is 32.2. The lowest BCUT2D eigenvalue weighted by Gasteiger charge is -2.07. The topological polar surface area (TPSA) is 87.0 Å². The van der Waals surface area contributed by atoms with E-state index < -0.39 is 0 Å². The highest BCUT2D eigenvalue weighted by Gasteiger charge is 2.06. The Morgan fingerprint density at radius 2 is 1.94 bits per heavy atom. The summed E-state index contributed by atoms with van der Waals surface area (Å²) in [6.45, 7) is 0. The maximum absolute atomic E-state index is 5.61. The van der Waals surface area contributed by atoms with Crippen molar-refractivity contribution in [2.45, 2.75) is 9.92 Å². The van der Waals surface area contributed by atoms with E-state index in [9.17, 15) is 0 Å². The summed E-state index contributed by atoms with van der Waals surface area (Å²) in [5.41, 5.74) is 11.1. The molecule has 1 heterocycles. The van der Waals surface area contributed by atoms with Gasteiger partial charge < -0.3 is 16.2 Å². The average Bonchev–Trinajstić information content (AvgIpc) is 2.28. The first kappa shape index (κ1) is 11.5. The monoisotopic (exact) mass is 248 g/mol. The predicted molar refractivity (Wildman–Crippen MR) is 68.0 cm³/mol. The molecule has 17 heavy (non-hydrogen) atoms. The smallest absolute Gasteiger partial charge is 0.223 e. The van der Waals surface area contributed by atoms with Crippen molar-refractivity contribution < 1.29 is 4.74 Å². The first-order chi connectivity index (χ1) is 8.19. The predicted octanol–water partition coefficient (Wildman–Crippen LogP) is 1.80. The third kappa shape index (κ3) is 2.79. The number of nitrogens with zero attached hydrogens (tertiary/aromatic N) is 2. The highest BCUT2D eigenvalue weighted by molar-refractivity contribution is 7.99. The molecule has 0 atom stereocenters. The molecule has 0 saturated heterocycles. The number of hydrogen-bond acceptors (Lipinski definition) is 6. The number of anilines is 2. The zero-order valence-electron chi connectivity index (χ0n) is 9.25. The molecule has 0 unspecified atom stereocenters. The number of benzene rings is 1. The number of para-hydroxylation sites is 1. The van der Waals surface area contributed by atoms with Crippen LogP contribution in [0.25, 0.3) is 0 Å². The summed E-state index contributed by atoms with van der Waals surface area (Å²) in [4.78, 5) is 8.87. The third-order valence-electron chi connectivity index (χ3n) is 2.02. The highest BCUT2D eigenvalue weighted by Crippen LogP contribution is 2.34. The fourth-order valence-electron chi connectivity index (χ4n) is 1.33. The zero-order valence-corrected chi connectivity index (χ0v) is 10.1. The molecule has 5 nitrogen and oxygen atoms in total. The van der Waals surface area contributed by atoms with E-state index in [-0.39, 0.29) is 5.95 Å². The second-order valence-corrected chi connectivity index (χ2v) is 4.30. The van der Waals surface area contributed by atoms with E-state index in [1.807, 2.05) is 24.3 Å². The van der Waals surface area contributed by atoms with Gasteiger partial charge in [0.1, 0.15) is 16.6 Å². The van der Waals surface area contributed by atoms with Crippen LogP contribution in [0, 0.1) is 0 Å². The SMILES string of the molecule is COc1ccccc1Sc1cc(N)nc(N)n1. The molecule has 0 aliphatic carbocycles. The molecule has 6 heteroatoms. The summed E-state index contributed by atoms with van der Waals surface area (Å²) >= 11 is 1.43. The van der Waals surface area contributed by atoms with Crippen LogP contribution >= 0.6 is 11.8 Å². The van der Waals surface area contributed by atoms with E-state index in [0.29, 0.717) is 10.8 Å². The minimum Gasteiger partial charge on any atom is -0.496 e. The van der Waals surface area contributed by atoms with Crippen LogP contribution in [0.4, 0.5) is 11.8 Å². The molecule has 0 fully saturated rings. The number of nitrogens with two attached hydrogens (primary N) is 2. The van der Waals surface area contributed by atoms with Crippen molar-refractivity contribution in [3.05, 3.63) is 30.3 Å². The molecule has 0 bridgehead atoms. The van der Waals surface area contributed by atoms with Crippen LogP contribution in [0.15, 0.2) is 40.3 Å². The quantitative estimate of drug-likeness (QED) is 0.805. The Hall–Kier alpha value is -1.95. The molecule has 0 amide bonds. The lowest BCUT2D eigenvalue weighted by Crippen LogP contribution is -1.99. The van der Waals surface area contributed by atoms with Crippen LogP contribution in [-0.2, 0) is 0 Å². The molecule has 88 valence electrons. The van der Waals surface area contributed by atoms with Gasteiger partial charge in [0, 0.05) is 6.07 Å². The summed E-state index contributed by atoms with van der Waals surface area (Å²) in [5, 5.41) is 0.694. The summed E-state index contributed by atoms with van der Waals surface area (Å²) in [6, 6.07) is 9.34. The molecule has 0 aliphatic rings. The Balaban J connectivity index is 2.31. The van der Waals surface area contributed by atoms with Crippen LogP contribution < -0.4 is 16.2 Å². The van der Waals surface area contributed by atoms with Crippen molar-refractivity contribution in [1.82, 2.24) is 9.97 Å². The lowest BCUT2D eigenvalue weighted by atomic mass is 10.3. The van der Waals surface area contributed by atoms with Gasteiger partial charge in [-0.05, 0) is 12.1 Å². The van der Waals surface area contributed by atoms with Gasteiger partial charge in [-0.25, -0.2) is 4.98 Å². The third-order valence-corrected chi connectivity index (χ3v) is 3.00. The van der Waals surface area contributed by atoms with Crippen molar-refractivity contribution in [3.63, 3.8) is 0 Å². The summed E-state index contributed by atoms with van der Waals surface area (Å²) in [5.74, 6) is 1.31. The summed E-state index contributed by atoms with van der Waals surface area (Å²) < 4.78 is 5.25. The maximum atomic E-state index is 5.61. The van der Waals surface area contributed by atoms with Gasteiger partial charge in [-0.2, -0.15) is 4.98 Å². The number of aromatic nitrogens is 2. The second-order valence-electron chi connectivity index (χ2n) is 3.24. The molecular formula is C11H12N4OS. The summed E-state index contributed by atoms with van der Waals surface area (Å²) in [7, 11) is 1.63. The van der Waals surface area contributed by atoms with Gasteiger partial charge in [0.2, 0.25) is 5.95 Å². The molecule has 2 aromatic rings. The average molecular weight is 248 g/mol. The molecule has 1 aromatic carbocycles. The van der Waals surface area contributed by atoms with E-state index in [0.717, 1.165) is 10.6 Å². The van der Waals surface area contributed by atoms with E-state index in [1.54, 1.807) is 13.2 Å². The largest absolute Gasteiger partial charge is 0.496 e. The van der Waals surface area contributed by atoms with Crippen LogP contribution in [-0.4, -0.2) is 17.1 Å². The molecule has 0 spiro atoms. The van der Waals surface area contributed by atoms with Crippen molar-refractivity contribution in [2.24, 2.45) is 0 Å². The van der Waals surface area contributed by atoms with Crippen molar-refractivity contribution in [3.8, 4) is 5.75 Å². The fourth-order valence-corrected chi connectivity index (χ4v) is 2.27. The van der Waals surface area contributed by atoms with Crippen LogP contribution in [0.1, 0.15) is 0 Å². The normalized spacial score (nSPS) is 10.2. The van der Waals surface area contributed by atoms with E-state index >= 15 is 0 Å². The molecule has 0 aliphatic heterocycles. The Morgan fingerprint density at radius 3 is 2.65 bits per heavy atom. The standard InChI is InChI=1S/C11H12N4OS/c1-16-7-4-2-3-5-8(7)17-10-6-9(12)14-11(13)15-10/h2-6H,1H3,(H4,12,13,14,15). The zero-order chi connectivity index (χ0) is 12.3. The van der Waals surface area contributed by atoms with E-state index in [1.165, 1.54) is 11.8 Å². The number of nitrogen functional groups attached to an aromatic ring is 2. The van der Waals surface area contributed by atoms with Crippen LogP contribution in [0.3, 0.4) is 0 Å². The van der Waals surface area contributed by atoms with Gasteiger partial charge in [-0.3, -0.25) is 0 Å². The summed E-state index contributed by atoms with van der Waals surface area (Å²) in [6.07, 6.45) is 0. The Labute approximate surface area is 103 Å². The lowest BCUT2D eigenvalue weighted by molar-refractivity contribution is 0.405. The molecule has 0 saturated carbocycles. The molecule has 1 aromatic heterocycles. The maximum Gasteiger partial charge on any atom is 0.223 e. The number of methoxy groups -OCH3 is 1. The van der Waals surface area contributed by atoms with Gasteiger partial charge in [-0.1, -0.05) is 23.9 Å². The van der Waals surface area contributed by atoms with Crippen LogP contribution in [0.2, 0.25) is 0 Å². The molecule has 0 radical (unpaired) electrons. The van der Waals surface area contributed by atoms with Crippen molar-refractivity contribution >= 4 is 23.5 Å². The van der Waals surface area contributed by atoms with Crippen LogP contribution in [0.5, 0.6) is 5.75 Å². The first-order valence-electron chi connectivity index (χ1n) is 4.90. The van der Waals surface area contributed by atoms with Gasteiger partial charge in [0.25, 0.3) is 0 Å². The molecule has 4 N–H and O–H groups in total. The van der Waals surface area contributed by atoms with Gasteiger partial charge >= 0.3 is 0 Å². The van der Waals surface area contributed by atoms with Crippen molar-refractivity contribution in [1.29, 1.82) is 0 Å². The fraction of sp³-hybridized carbons (Fsp3) is 0.0909. The number of rotatable bonds is 3. The first-order valence-corrected chi connectivity index (χ1v) is 5.71. The van der Waals surface area contributed by atoms with Gasteiger partial charge in [-0.15, -0.1) is 0 Å². The Kier molecular flexibility index (Phi) is 3.34. The van der Waals surface area contributed by atoms with Crippen molar-refractivity contribution in [2.75, 3.05) is 18.6 Å². The molecule has 2 rings (SSSR count). The minimum atomic E-state index is 0.169. The van der Waals surface area contributed by atoms with E-state index in [2.05, 4.69) is 9.97 Å².